The highest BCUT2D eigenvalue weighted by Gasteiger charge is 2.21. The number of amides is 2. The van der Waals surface area contributed by atoms with Crippen molar-refractivity contribution in [2.24, 2.45) is 5.73 Å². The van der Waals surface area contributed by atoms with Crippen LogP contribution in [0.1, 0.15) is 12.8 Å². The van der Waals surface area contributed by atoms with Crippen molar-refractivity contribution in [3.63, 3.8) is 0 Å². The first-order chi connectivity index (χ1) is 8.99. The van der Waals surface area contributed by atoms with Crippen LogP contribution in [0.15, 0.2) is 30.3 Å². The van der Waals surface area contributed by atoms with Crippen LogP contribution in [0.4, 0.5) is 4.79 Å². The van der Waals surface area contributed by atoms with Crippen molar-refractivity contribution in [2.45, 2.75) is 18.9 Å². The summed E-state index contributed by atoms with van der Waals surface area (Å²) in [6, 6.07) is 6.98. The fourth-order valence-corrected chi connectivity index (χ4v) is 1.31. The molecule has 7 nitrogen and oxygen atoms in total. The Labute approximate surface area is 109 Å². The van der Waals surface area contributed by atoms with E-state index in [1.807, 2.05) is 0 Å². The Hall–Kier alpha value is -2.57. The van der Waals surface area contributed by atoms with Crippen LogP contribution in [0, 0.1) is 0 Å². The molecule has 0 aliphatic heterocycles. The van der Waals surface area contributed by atoms with E-state index in [0.717, 1.165) is 0 Å². The first-order valence-electron chi connectivity index (χ1n) is 5.53. The van der Waals surface area contributed by atoms with Gasteiger partial charge in [-0.3, -0.25) is 4.79 Å². The van der Waals surface area contributed by atoms with Crippen molar-refractivity contribution in [3.8, 4) is 5.75 Å². The van der Waals surface area contributed by atoms with E-state index < -0.39 is 24.0 Å². The van der Waals surface area contributed by atoms with Crippen LogP contribution >= 0.6 is 0 Å². The maximum absolute atomic E-state index is 11.5. The Bertz CT molecular complexity index is 460. The molecule has 0 saturated carbocycles. The van der Waals surface area contributed by atoms with Crippen molar-refractivity contribution in [2.75, 3.05) is 0 Å². The molecule has 0 fully saturated rings. The predicted molar refractivity (Wildman–Crippen MR) is 65.5 cm³/mol. The maximum Gasteiger partial charge on any atom is 0.413 e. The largest absolute Gasteiger partial charge is 0.480 e. The molecule has 1 aromatic carbocycles. The Morgan fingerprint density at radius 1 is 1.26 bits per heavy atom. The van der Waals surface area contributed by atoms with Gasteiger partial charge in [-0.05, 0) is 18.6 Å². The highest BCUT2D eigenvalue weighted by molar-refractivity contribution is 5.82. The number of carbonyl (C=O) groups excluding carboxylic acids is 2. The zero-order valence-corrected chi connectivity index (χ0v) is 10.0. The molecule has 0 radical (unpaired) electrons. The smallest absolute Gasteiger partial charge is 0.413 e. The van der Waals surface area contributed by atoms with Crippen LogP contribution in [0.3, 0.4) is 0 Å². The monoisotopic (exact) mass is 266 g/mol. The summed E-state index contributed by atoms with van der Waals surface area (Å²) in [7, 11) is 0. The van der Waals surface area contributed by atoms with Gasteiger partial charge in [0.25, 0.3) is 0 Å². The van der Waals surface area contributed by atoms with Crippen LogP contribution in [-0.4, -0.2) is 29.1 Å². The number of nitrogens with two attached hydrogens (primary N) is 1. The molecular formula is C12H14N2O5. The average Bonchev–Trinajstić information content (AvgIpc) is 2.35. The minimum atomic E-state index is -1.26. The predicted octanol–water partition coefficient (Wildman–Crippen LogP) is 0.494. The number of aliphatic carboxylic acids is 1. The molecule has 1 rings (SSSR count). The zero-order chi connectivity index (χ0) is 14.3. The zero-order valence-electron chi connectivity index (χ0n) is 10.0. The SMILES string of the molecule is NC(=O)CCC(NC(=O)Oc1ccccc1)C(=O)O. The molecule has 0 saturated heterocycles. The fraction of sp³-hybridized carbons (Fsp3) is 0.250. The molecule has 0 bridgehead atoms. The third-order valence-electron chi connectivity index (χ3n) is 2.22. The van der Waals surface area contributed by atoms with Gasteiger partial charge in [-0.1, -0.05) is 18.2 Å². The summed E-state index contributed by atoms with van der Waals surface area (Å²) in [5.41, 5.74) is 4.92. The van der Waals surface area contributed by atoms with Gasteiger partial charge in [0.2, 0.25) is 5.91 Å². The van der Waals surface area contributed by atoms with Gasteiger partial charge in [-0.25, -0.2) is 9.59 Å². The number of benzene rings is 1. The lowest BCUT2D eigenvalue weighted by Gasteiger charge is -2.13. The number of rotatable bonds is 6. The number of primary amides is 1. The Morgan fingerprint density at radius 3 is 2.42 bits per heavy atom. The molecule has 19 heavy (non-hydrogen) atoms. The van der Waals surface area contributed by atoms with Gasteiger partial charge < -0.3 is 20.9 Å². The molecule has 1 unspecified atom stereocenters. The normalized spacial score (nSPS) is 11.4. The van der Waals surface area contributed by atoms with E-state index in [9.17, 15) is 14.4 Å². The van der Waals surface area contributed by atoms with Crippen molar-refractivity contribution in [1.29, 1.82) is 0 Å². The number of para-hydroxylation sites is 1. The average molecular weight is 266 g/mol. The topological polar surface area (TPSA) is 119 Å². The lowest BCUT2D eigenvalue weighted by Crippen LogP contribution is -2.42. The number of carbonyl (C=O) groups is 3. The lowest BCUT2D eigenvalue weighted by molar-refractivity contribution is -0.139. The number of nitrogens with one attached hydrogen (secondary N) is 1. The van der Waals surface area contributed by atoms with Crippen molar-refractivity contribution >= 4 is 18.0 Å². The van der Waals surface area contributed by atoms with Crippen LogP contribution in [-0.2, 0) is 9.59 Å². The minimum Gasteiger partial charge on any atom is -0.480 e. The number of hydrogen-bond acceptors (Lipinski definition) is 4. The highest BCUT2D eigenvalue weighted by Crippen LogP contribution is 2.08. The number of carboxylic acids is 1. The molecular weight excluding hydrogens is 252 g/mol. The van der Waals surface area contributed by atoms with Crippen LogP contribution in [0.5, 0.6) is 5.75 Å². The van der Waals surface area contributed by atoms with Crippen molar-refractivity contribution in [3.05, 3.63) is 30.3 Å². The van der Waals surface area contributed by atoms with Crippen molar-refractivity contribution in [1.82, 2.24) is 5.32 Å². The number of carboxylic acid groups (broad SMARTS) is 1. The molecule has 1 atom stereocenters. The summed E-state index contributed by atoms with van der Waals surface area (Å²) in [6.07, 6.45) is -1.12. The second-order valence-corrected chi connectivity index (χ2v) is 3.74. The maximum atomic E-state index is 11.5. The summed E-state index contributed by atoms with van der Waals surface area (Å²) in [5, 5.41) is 11.0. The third-order valence-corrected chi connectivity index (χ3v) is 2.22. The molecule has 7 heteroatoms. The Morgan fingerprint density at radius 2 is 1.89 bits per heavy atom. The van der Waals surface area contributed by atoms with Gasteiger partial charge in [0.15, 0.2) is 0 Å². The van der Waals surface area contributed by atoms with E-state index in [1.165, 1.54) is 0 Å². The molecule has 0 spiro atoms. The standard InChI is InChI=1S/C12H14N2O5/c13-10(15)7-6-9(11(16)17)14-12(18)19-8-4-2-1-3-5-8/h1-5,9H,6-7H2,(H2,13,15)(H,14,18)(H,16,17). The van der Waals surface area contributed by atoms with Gasteiger partial charge >= 0.3 is 12.1 Å². The summed E-state index contributed by atoms with van der Waals surface area (Å²) < 4.78 is 4.87. The van der Waals surface area contributed by atoms with Gasteiger partial charge in [0, 0.05) is 6.42 Å². The Kier molecular flexibility index (Phi) is 5.34. The van der Waals surface area contributed by atoms with Gasteiger partial charge in [0.05, 0.1) is 0 Å². The summed E-state index contributed by atoms with van der Waals surface area (Å²) in [5.74, 6) is -1.60. The quantitative estimate of drug-likeness (QED) is 0.692. The van der Waals surface area contributed by atoms with E-state index in [-0.39, 0.29) is 12.8 Å². The number of hydrogen-bond donors (Lipinski definition) is 3. The highest BCUT2D eigenvalue weighted by atomic mass is 16.6. The van der Waals surface area contributed by atoms with E-state index in [2.05, 4.69) is 5.32 Å². The minimum absolute atomic E-state index is 0.0887. The molecule has 0 aliphatic rings. The van der Waals surface area contributed by atoms with Crippen LogP contribution < -0.4 is 15.8 Å². The van der Waals surface area contributed by atoms with E-state index in [0.29, 0.717) is 5.75 Å². The van der Waals surface area contributed by atoms with E-state index >= 15 is 0 Å². The second-order valence-electron chi connectivity index (χ2n) is 3.74. The first kappa shape index (κ1) is 14.5. The van der Waals surface area contributed by atoms with Gasteiger partial charge in [-0.15, -0.1) is 0 Å². The van der Waals surface area contributed by atoms with Crippen LogP contribution in [0.2, 0.25) is 0 Å². The van der Waals surface area contributed by atoms with Gasteiger partial charge in [-0.2, -0.15) is 0 Å². The third kappa shape index (κ3) is 5.53. The fourth-order valence-electron chi connectivity index (χ4n) is 1.31. The summed E-state index contributed by atoms with van der Waals surface area (Å²) >= 11 is 0. The first-order valence-corrected chi connectivity index (χ1v) is 5.53. The second kappa shape index (κ2) is 7.00. The van der Waals surface area contributed by atoms with Gasteiger partial charge in [0.1, 0.15) is 11.8 Å². The molecule has 0 aromatic heterocycles. The molecule has 0 heterocycles. The molecule has 102 valence electrons. The van der Waals surface area contributed by atoms with Crippen molar-refractivity contribution < 1.29 is 24.2 Å². The van der Waals surface area contributed by atoms with Crippen LogP contribution in [0.25, 0.3) is 0 Å². The molecule has 2 amide bonds. The van der Waals surface area contributed by atoms with E-state index in [1.54, 1.807) is 30.3 Å². The lowest BCUT2D eigenvalue weighted by atomic mass is 10.1. The van der Waals surface area contributed by atoms with E-state index in [4.69, 9.17) is 15.6 Å². The summed E-state index contributed by atoms with van der Waals surface area (Å²) in [4.78, 5) is 32.9. The number of ether oxygens (including phenoxy) is 1. The Balaban J connectivity index is 2.52. The molecule has 4 N–H and O–H groups in total. The summed E-state index contributed by atoms with van der Waals surface area (Å²) in [6.45, 7) is 0. The molecule has 1 aromatic rings. The molecule has 0 aliphatic carbocycles.